The molecular formula is C20H20N4O2S2. The Morgan fingerprint density at radius 1 is 1.32 bits per heavy atom. The summed E-state index contributed by atoms with van der Waals surface area (Å²) in [5.74, 6) is 0.885. The van der Waals surface area contributed by atoms with E-state index in [0.717, 1.165) is 23.4 Å². The summed E-state index contributed by atoms with van der Waals surface area (Å²) in [7, 11) is 1.88. The van der Waals surface area contributed by atoms with Gasteiger partial charge in [-0.2, -0.15) is 5.26 Å². The highest BCUT2D eigenvalue weighted by Crippen LogP contribution is 2.46. The molecule has 144 valence electrons. The normalized spacial score (nSPS) is 18.6. The van der Waals surface area contributed by atoms with Gasteiger partial charge >= 0.3 is 0 Å². The van der Waals surface area contributed by atoms with Crippen molar-refractivity contribution in [3.05, 3.63) is 40.8 Å². The second-order valence-electron chi connectivity index (χ2n) is 6.87. The third-order valence-electron chi connectivity index (χ3n) is 5.05. The standard InChI is InChI=1S/C20H20N4O2S2/c1-24-15-9-5-6-10-17(15)28-19(24)14(11-21)16(25)12-27-20-23-22-18(26-20)13-7-3-2-4-8-13/h5-6,9-10,13H,2-4,7-8,12H2,1H3. The van der Waals surface area contributed by atoms with Gasteiger partial charge in [-0.15, -0.1) is 10.2 Å². The van der Waals surface area contributed by atoms with Gasteiger partial charge in [-0.05, 0) is 25.0 Å². The molecule has 1 saturated carbocycles. The molecule has 4 rings (SSSR count). The number of carbonyl (C=O) groups excluding carboxylic acids is 1. The number of ketones is 1. The van der Waals surface area contributed by atoms with Crippen LogP contribution in [0.5, 0.6) is 0 Å². The highest BCUT2D eigenvalue weighted by atomic mass is 32.2. The summed E-state index contributed by atoms with van der Waals surface area (Å²) < 4.78 is 5.76. The number of nitriles is 1. The van der Waals surface area contributed by atoms with Crippen LogP contribution in [0.2, 0.25) is 0 Å². The molecule has 0 unspecified atom stereocenters. The summed E-state index contributed by atoms with van der Waals surface area (Å²) in [6.45, 7) is 0. The van der Waals surface area contributed by atoms with Crippen LogP contribution < -0.4 is 4.90 Å². The first-order valence-corrected chi connectivity index (χ1v) is 11.1. The molecule has 2 aromatic rings. The van der Waals surface area contributed by atoms with Gasteiger partial charge in [0.05, 0.1) is 11.4 Å². The molecule has 0 spiro atoms. The molecule has 0 atom stereocenters. The number of allylic oxidation sites excluding steroid dienone is 1. The largest absolute Gasteiger partial charge is 0.416 e. The number of aromatic nitrogens is 2. The molecular weight excluding hydrogens is 392 g/mol. The van der Waals surface area contributed by atoms with Crippen molar-refractivity contribution in [1.82, 2.24) is 10.2 Å². The molecule has 0 saturated heterocycles. The minimum Gasteiger partial charge on any atom is -0.416 e. The Balaban J connectivity index is 1.43. The van der Waals surface area contributed by atoms with Crippen LogP contribution in [0.25, 0.3) is 0 Å². The van der Waals surface area contributed by atoms with Gasteiger partial charge in [0.15, 0.2) is 5.78 Å². The SMILES string of the molecule is CN1C(=C(C#N)C(=O)CSc2nnc(C3CCCCC3)o2)Sc2ccccc21. The average Bonchev–Trinajstić information content (AvgIpc) is 3.33. The fraction of sp³-hybridized carbons (Fsp3) is 0.400. The van der Waals surface area contributed by atoms with Crippen molar-refractivity contribution in [3.63, 3.8) is 0 Å². The molecule has 1 aliphatic carbocycles. The topological polar surface area (TPSA) is 83.0 Å². The molecule has 0 amide bonds. The minimum absolute atomic E-state index is 0.101. The van der Waals surface area contributed by atoms with Crippen LogP contribution in [0.1, 0.15) is 43.9 Å². The Morgan fingerprint density at radius 3 is 2.86 bits per heavy atom. The first-order chi connectivity index (χ1) is 13.7. The number of Topliss-reactive ketones (excluding diaryl/α,β-unsaturated/α-hetero) is 1. The highest BCUT2D eigenvalue weighted by molar-refractivity contribution is 8.03. The molecule has 0 N–H and O–H groups in total. The van der Waals surface area contributed by atoms with Crippen LogP contribution in [0.3, 0.4) is 0 Å². The van der Waals surface area contributed by atoms with E-state index < -0.39 is 0 Å². The summed E-state index contributed by atoms with van der Waals surface area (Å²) in [6.07, 6.45) is 5.82. The number of thioether (sulfide) groups is 2. The predicted octanol–water partition coefficient (Wildman–Crippen LogP) is 4.76. The third-order valence-corrected chi connectivity index (χ3v) is 7.10. The Labute approximate surface area is 172 Å². The number of rotatable bonds is 5. The number of benzene rings is 1. The molecule has 1 aromatic carbocycles. The zero-order valence-corrected chi connectivity index (χ0v) is 17.2. The molecule has 2 heterocycles. The molecule has 8 heteroatoms. The Hall–Kier alpha value is -2.24. The smallest absolute Gasteiger partial charge is 0.277 e. The number of hydrogen-bond donors (Lipinski definition) is 0. The minimum atomic E-state index is -0.230. The van der Waals surface area contributed by atoms with Crippen molar-refractivity contribution in [2.75, 3.05) is 17.7 Å². The lowest BCUT2D eigenvalue weighted by molar-refractivity contribution is -0.112. The van der Waals surface area contributed by atoms with Gasteiger partial charge < -0.3 is 9.32 Å². The van der Waals surface area contributed by atoms with E-state index in [1.165, 1.54) is 42.8 Å². The molecule has 1 aromatic heterocycles. The van der Waals surface area contributed by atoms with E-state index in [2.05, 4.69) is 16.3 Å². The van der Waals surface area contributed by atoms with Gasteiger partial charge in [0, 0.05) is 17.9 Å². The summed E-state index contributed by atoms with van der Waals surface area (Å²) in [6, 6.07) is 9.96. The third kappa shape index (κ3) is 3.82. The van der Waals surface area contributed by atoms with Gasteiger partial charge in [-0.25, -0.2) is 0 Å². The van der Waals surface area contributed by atoms with Gasteiger partial charge in [0.2, 0.25) is 5.89 Å². The van der Waals surface area contributed by atoms with E-state index in [0.29, 0.717) is 22.1 Å². The van der Waals surface area contributed by atoms with Crippen molar-refractivity contribution in [3.8, 4) is 6.07 Å². The summed E-state index contributed by atoms with van der Waals surface area (Å²) in [5.41, 5.74) is 1.17. The van der Waals surface area contributed by atoms with Crippen LogP contribution in [0.15, 0.2) is 49.4 Å². The van der Waals surface area contributed by atoms with Crippen molar-refractivity contribution in [1.29, 1.82) is 5.26 Å². The van der Waals surface area contributed by atoms with E-state index in [4.69, 9.17) is 4.42 Å². The molecule has 0 bridgehead atoms. The second kappa shape index (κ2) is 8.41. The van der Waals surface area contributed by atoms with Gasteiger partial charge in [0.25, 0.3) is 5.22 Å². The van der Waals surface area contributed by atoms with Crippen molar-refractivity contribution in [2.45, 2.75) is 48.1 Å². The van der Waals surface area contributed by atoms with Crippen LogP contribution in [0, 0.1) is 11.3 Å². The number of carbonyl (C=O) groups is 1. The lowest BCUT2D eigenvalue weighted by Crippen LogP contribution is -2.16. The maximum absolute atomic E-state index is 12.7. The van der Waals surface area contributed by atoms with E-state index in [1.54, 1.807) is 0 Å². The zero-order valence-electron chi connectivity index (χ0n) is 15.6. The van der Waals surface area contributed by atoms with Crippen molar-refractivity contribution in [2.24, 2.45) is 0 Å². The van der Waals surface area contributed by atoms with Crippen molar-refractivity contribution >= 4 is 35.0 Å². The summed E-state index contributed by atoms with van der Waals surface area (Å²) in [5, 5.41) is 18.9. The number of fused-ring (bicyclic) bond motifs is 1. The van der Waals surface area contributed by atoms with E-state index in [-0.39, 0.29) is 17.1 Å². The number of para-hydroxylation sites is 1. The quantitative estimate of drug-likeness (QED) is 0.395. The second-order valence-corrected chi connectivity index (χ2v) is 8.83. The Morgan fingerprint density at radius 2 is 2.11 bits per heavy atom. The van der Waals surface area contributed by atoms with E-state index in [1.807, 2.05) is 36.2 Å². The van der Waals surface area contributed by atoms with Gasteiger partial charge in [0.1, 0.15) is 16.7 Å². The number of nitrogens with zero attached hydrogens (tertiary/aromatic N) is 4. The number of hydrogen-bond acceptors (Lipinski definition) is 8. The van der Waals surface area contributed by atoms with Crippen molar-refractivity contribution < 1.29 is 9.21 Å². The molecule has 0 radical (unpaired) electrons. The molecule has 28 heavy (non-hydrogen) atoms. The number of anilines is 1. The maximum Gasteiger partial charge on any atom is 0.277 e. The maximum atomic E-state index is 12.7. The van der Waals surface area contributed by atoms with E-state index in [9.17, 15) is 10.1 Å². The predicted molar refractivity (Wildman–Crippen MR) is 109 cm³/mol. The monoisotopic (exact) mass is 412 g/mol. The summed E-state index contributed by atoms with van der Waals surface area (Å²) in [4.78, 5) is 15.7. The van der Waals surface area contributed by atoms with Crippen LogP contribution in [-0.4, -0.2) is 28.8 Å². The fourth-order valence-electron chi connectivity index (χ4n) is 3.54. The molecule has 2 aliphatic rings. The molecule has 1 aliphatic heterocycles. The first kappa shape index (κ1) is 19.1. The Kier molecular flexibility index (Phi) is 5.74. The van der Waals surface area contributed by atoms with Crippen LogP contribution in [-0.2, 0) is 4.79 Å². The van der Waals surface area contributed by atoms with Crippen LogP contribution >= 0.6 is 23.5 Å². The fourth-order valence-corrected chi connectivity index (χ4v) is 5.35. The molecule has 6 nitrogen and oxygen atoms in total. The van der Waals surface area contributed by atoms with Gasteiger partial charge in [-0.1, -0.05) is 54.9 Å². The first-order valence-electron chi connectivity index (χ1n) is 9.31. The lowest BCUT2D eigenvalue weighted by Gasteiger charge is -2.17. The van der Waals surface area contributed by atoms with Gasteiger partial charge in [-0.3, -0.25) is 4.79 Å². The highest BCUT2D eigenvalue weighted by Gasteiger charge is 2.28. The zero-order chi connectivity index (χ0) is 19.5. The average molecular weight is 413 g/mol. The summed E-state index contributed by atoms with van der Waals surface area (Å²) >= 11 is 2.65. The molecule has 1 fully saturated rings. The van der Waals surface area contributed by atoms with E-state index >= 15 is 0 Å². The van der Waals surface area contributed by atoms with Crippen LogP contribution in [0.4, 0.5) is 5.69 Å². The Bertz CT molecular complexity index is 957. The lowest BCUT2D eigenvalue weighted by atomic mass is 9.89.